The van der Waals surface area contributed by atoms with Crippen LogP contribution in [0.5, 0.6) is 0 Å². The average Bonchev–Trinajstić information content (AvgIpc) is 2.48. The highest BCUT2D eigenvalue weighted by Crippen LogP contribution is 2.35. The molecule has 3 heterocycles. The summed E-state index contributed by atoms with van der Waals surface area (Å²) in [5.41, 5.74) is 0.620. The molecule has 3 aliphatic heterocycles. The summed E-state index contributed by atoms with van der Waals surface area (Å²) in [4.78, 5) is 4.89. The van der Waals surface area contributed by atoms with Crippen LogP contribution in [0.25, 0.3) is 0 Å². The van der Waals surface area contributed by atoms with E-state index in [2.05, 4.69) is 30.7 Å². The number of ether oxygens (including phenoxy) is 1. The standard InChI is InChI=1S/C8H17N.C6H11NO.2C2H6/c1-8(2)9-6-4-3-5-7-9;1-7-2-6(3-7)4-8-5-6;2*1-2/h8H,3-7H2,1-2H3;2-5H2,1H3;2*1-2H3. The number of nitrogens with zero attached hydrogens (tertiary/aromatic N) is 2. The van der Waals surface area contributed by atoms with Gasteiger partial charge >= 0.3 is 0 Å². The van der Waals surface area contributed by atoms with Crippen LogP contribution in [0.4, 0.5) is 0 Å². The molecule has 0 N–H and O–H groups in total. The fourth-order valence-corrected chi connectivity index (χ4v) is 3.11. The van der Waals surface area contributed by atoms with E-state index in [0.29, 0.717) is 5.41 Å². The predicted molar refractivity (Wildman–Crippen MR) is 94.0 cm³/mol. The van der Waals surface area contributed by atoms with Gasteiger partial charge in [-0.25, -0.2) is 0 Å². The highest BCUT2D eigenvalue weighted by Gasteiger charge is 2.47. The molecule has 1 spiro atoms. The minimum atomic E-state index is 0.620. The molecule has 0 aromatic heterocycles. The summed E-state index contributed by atoms with van der Waals surface area (Å²) in [5, 5.41) is 0. The van der Waals surface area contributed by atoms with Gasteiger partial charge in [0.15, 0.2) is 0 Å². The summed E-state index contributed by atoms with van der Waals surface area (Å²) < 4.78 is 5.10. The lowest BCUT2D eigenvalue weighted by molar-refractivity contribution is -0.182. The number of hydrogen-bond acceptors (Lipinski definition) is 3. The Bertz CT molecular complexity index is 225. The minimum absolute atomic E-state index is 0.620. The fraction of sp³-hybridized carbons (Fsp3) is 1.00. The summed E-state index contributed by atoms with van der Waals surface area (Å²) in [6.07, 6.45) is 4.28. The van der Waals surface area contributed by atoms with Crippen LogP contribution in [0.3, 0.4) is 0 Å². The molecule has 0 aromatic carbocycles. The SMILES string of the molecule is CC.CC.CC(C)N1CCCCC1.CN1CC2(COC2)C1. The number of likely N-dealkylation sites (tertiary alicyclic amines) is 2. The summed E-state index contributed by atoms with van der Waals surface area (Å²) >= 11 is 0. The first-order chi connectivity index (χ1) is 10.1. The average molecular weight is 301 g/mol. The molecule has 3 heteroatoms. The van der Waals surface area contributed by atoms with Gasteiger partial charge in [0.2, 0.25) is 0 Å². The summed E-state index contributed by atoms with van der Waals surface area (Å²) in [5.74, 6) is 0. The van der Waals surface area contributed by atoms with Gasteiger partial charge in [-0.1, -0.05) is 34.1 Å². The molecular formula is C18H40N2O. The second kappa shape index (κ2) is 11.4. The van der Waals surface area contributed by atoms with E-state index < -0.39 is 0 Å². The van der Waals surface area contributed by atoms with Crippen LogP contribution in [0.15, 0.2) is 0 Å². The molecular weight excluding hydrogens is 260 g/mol. The Balaban J connectivity index is 0.000000310. The Kier molecular flexibility index (Phi) is 11.4. The summed E-state index contributed by atoms with van der Waals surface area (Å²) in [7, 11) is 2.16. The quantitative estimate of drug-likeness (QED) is 0.731. The maximum Gasteiger partial charge on any atom is 0.0569 e. The fourth-order valence-electron chi connectivity index (χ4n) is 3.11. The molecule has 0 aliphatic carbocycles. The van der Waals surface area contributed by atoms with Gasteiger partial charge in [0.1, 0.15) is 0 Å². The molecule has 3 fully saturated rings. The minimum Gasteiger partial charge on any atom is -0.380 e. The Labute approximate surface area is 134 Å². The Morgan fingerprint density at radius 1 is 0.857 bits per heavy atom. The lowest BCUT2D eigenvalue weighted by Gasteiger charge is -2.53. The van der Waals surface area contributed by atoms with Crippen molar-refractivity contribution in [2.75, 3.05) is 46.4 Å². The van der Waals surface area contributed by atoms with Crippen molar-refractivity contribution >= 4 is 0 Å². The van der Waals surface area contributed by atoms with Crippen molar-refractivity contribution in [3.05, 3.63) is 0 Å². The van der Waals surface area contributed by atoms with Gasteiger partial charge in [-0.05, 0) is 46.8 Å². The zero-order valence-corrected chi connectivity index (χ0v) is 15.7. The van der Waals surface area contributed by atoms with Crippen LogP contribution in [-0.4, -0.2) is 62.3 Å². The van der Waals surface area contributed by atoms with Gasteiger partial charge in [-0.3, -0.25) is 0 Å². The van der Waals surface area contributed by atoms with Gasteiger partial charge in [0.25, 0.3) is 0 Å². The zero-order chi connectivity index (χ0) is 16.3. The molecule has 3 aliphatic rings. The number of piperidine rings is 1. The third kappa shape index (κ3) is 7.12. The number of hydrogen-bond donors (Lipinski definition) is 0. The van der Waals surface area contributed by atoms with Crippen LogP contribution >= 0.6 is 0 Å². The van der Waals surface area contributed by atoms with E-state index in [-0.39, 0.29) is 0 Å². The Morgan fingerprint density at radius 2 is 1.33 bits per heavy atom. The smallest absolute Gasteiger partial charge is 0.0569 e. The van der Waals surface area contributed by atoms with Crippen LogP contribution in [0.2, 0.25) is 0 Å². The van der Waals surface area contributed by atoms with Crippen LogP contribution in [-0.2, 0) is 4.74 Å². The molecule has 0 amide bonds. The van der Waals surface area contributed by atoms with Crippen molar-refractivity contribution in [2.45, 2.75) is 66.8 Å². The molecule has 0 atom stereocenters. The van der Waals surface area contributed by atoms with E-state index in [9.17, 15) is 0 Å². The molecule has 3 nitrogen and oxygen atoms in total. The van der Waals surface area contributed by atoms with Gasteiger partial charge < -0.3 is 14.5 Å². The van der Waals surface area contributed by atoms with Crippen LogP contribution < -0.4 is 0 Å². The summed E-state index contributed by atoms with van der Waals surface area (Å²) in [6, 6.07) is 0.769. The van der Waals surface area contributed by atoms with E-state index in [1.54, 1.807) is 0 Å². The first-order valence-electron chi connectivity index (χ1n) is 9.12. The van der Waals surface area contributed by atoms with Crippen LogP contribution in [0, 0.1) is 5.41 Å². The molecule has 3 rings (SSSR count). The van der Waals surface area contributed by atoms with Gasteiger partial charge in [-0.2, -0.15) is 0 Å². The second-order valence-electron chi connectivity index (χ2n) is 6.36. The molecule has 0 bridgehead atoms. The maximum atomic E-state index is 5.10. The Morgan fingerprint density at radius 3 is 1.52 bits per heavy atom. The van der Waals surface area contributed by atoms with Crippen molar-refractivity contribution in [3.63, 3.8) is 0 Å². The van der Waals surface area contributed by atoms with E-state index in [4.69, 9.17) is 4.74 Å². The molecule has 0 aromatic rings. The van der Waals surface area contributed by atoms with Crippen molar-refractivity contribution in [2.24, 2.45) is 5.41 Å². The van der Waals surface area contributed by atoms with Crippen molar-refractivity contribution < 1.29 is 4.74 Å². The molecule has 0 unspecified atom stereocenters. The maximum absolute atomic E-state index is 5.10. The molecule has 128 valence electrons. The predicted octanol–water partition coefficient (Wildman–Crippen LogP) is 3.88. The van der Waals surface area contributed by atoms with E-state index in [0.717, 1.165) is 19.3 Å². The van der Waals surface area contributed by atoms with Gasteiger partial charge in [-0.15, -0.1) is 0 Å². The third-order valence-corrected chi connectivity index (χ3v) is 4.15. The van der Waals surface area contributed by atoms with Crippen molar-refractivity contribution in [1.82, 2.24) is 9.80 Å². The lowest BCUT2D eigenvalue weighted by Crippen LogP contribution is -2.64. The lowest BCUT2D eigenvalue weighted by atomic mass is 9.79. The Hall–Kier alpha value is -0.120. The van der Waals surface area contributed by atoms with Crippen molar-refractivity contribution in [1.29, 1.82) is 0 Å². The van der Waals surface area contributed by atoms with Gasteiger partial charge in [0.05, 0.1) is 13.2 Å². The largest absolute Gasteiger partial charge is 0.380 e. The first kappa shape index (κ1) is 20.9. The van der Waals surface area contributed by atoms with E-state index in [1.165, 1.54) is 45.4 Å². The van der Waals surface area contributed by atoms with Gasteiger partial charge in [0, 0.05) is 24.5 Å². The topological polar surface area (TPSA) is 15.7 Å². The molecule has 0 radical (unpaired) electrons. The van der Waals surface area contributed by atoms with Crippen molar-refractivity contribution in [3.8, 4) is 0 Å². The van der Waals surface area contributed by atoms with E-state index in [1.807, 2.05) is 27.7 Å². The highest BCUT2D eigenvalue weighted by molar-refractivity contribution is 4.97. The molecule has 0 saturated carbocycles. The highest BCUT2D eigenvalue weighted by atomic mass is 16.5. The molecule has 21 heavy (non-hydrogen) atoms. The number of rotatable bonds is 1. The second-order valence-corrected chi connectivity index (χ2v) is 6.36. The normalized spacial score (nSPS) is 23.4. The summed E-state index contributed by atoms with van der Waals surface area (Å²) in [6.45, 7) is 19.8. The first-order valence-corrected chi connectivity index (χ1v) is 9.12. The third-order valence-electron chi connectivity index (χ3n) is 4.15. The zero-order valence-electron chi connectivity index (χ0n) is 15.7. The molecule has 3 saturated heterocycles. The monoisotopic (exact) mass is 300 g/mol. The van der Waals surface area contributed by atoms with Crippen LogP contribution in [0.1, 0.15) is 60.8 Å². The van der Waals surface area contributed by atoms with E-state index >= 15 is 0 Å².